The van der Waals surface area contributed by atoms with Crippen molar-refractivity contribution in [1.82, 2.24) is 39.7 Å². The highest BCUT2D eigenvalue weighted by atomic mass is 19.3. The highest BCUT2D eigenvalue weighted by Gasteiger charge is 2.37. The summed E-state index contributed by atoms with van der Waals surface area (Å²) < 4.78 is 41.6. The van der Waals surface area contributed by atoms with E-state index in [9.17, 15) is 28.0 Å². The third kappa shape index (κ3) is 7.53. The number of hydrogen-bond acceptors (Lipinski definition) is 8. The molecular weight excluding hydrogens is 654 g/mol. The summed E-state index contributed by atoms with van der Waals surface area (Å²) in [7, 11) is 0. The summed E-state index contributed by atoms with van der Waals surface area (Å²) in [4.78, 5) is 60.6. The van der Waals surface area contributed by atoms with Gasteiger partial charge in [0, 0.05) is 50.1 Å². The van der Waals surface area contributed by atoms with E-state index in [0.29, 0.717) is 41.3 Å². The van der Waals surface area contributed by atoms with E-state index in [4.69, 9.17) is 9.26 Å². The Balaban J connectivity index is 1.27. The van der Waals surface area contributed by atoms with Gasteiger partial charge in [-0.15, -0.1) is 0 Å². The maximum absolute atomic E-state index is 14.0. The van der Waals surface area contributed by atoms with Gasteiger partial charge < -0.3 is 34.3 Å². The SMILES string of the molecule is Cc1cc(CC(=O)N2CCNC(=O)Cn3cnc4c3CCN(C(=O)c3ccc(C)n3C(F)F)C4c3cccc(c3)OCCCNC(=O)C2)on1. The molecule has 2 aliphatic rings. The number of ether oxygens (including phenoxy) is 1. The Morgan fingerprint density at radius 1 is 1.02 bits per heavy atom. The van der Waals surface area contributed by atoms with Gasteiger partial charge in [-0.2, -0.15) is 8.78 Å². The van der Waals surface area contributed by atoms with Crippen molar-refractivity contribution in [2.75, 3.05) is 39.3 Å². The minimum absolute atomic E-state index is 0.0733. The van der Waals surface area contributed by atoms with Crippen molar-refractivity contribution in [3.05, 3.63) is 88.6 Å². The minimum Gasteiger partial charge on any atom is -0.494 e. The molecule has 0 fully saturated rings. The molecule has 0 radical (unpaired) electrons. The lowest BCUT2D eigenvalue weighted by molar-refractivity contribution is -0.136. The number of imidazole rings is 1. The topological polar surface area (TPSA) is 157 Å². The van der Waals surface area contributed by atoms with Crippen LogP contribution >= 0.6 is 0 Å². The van der Waals surface area contributed by atoms with Crippen molar-refractivity contribution in [3.8, 4) is 5.75 Å². The van der Waals surface area contributed by atoms with Crippen LogP contribution < -0.4 is 15.4 Å². The van der Waals surface area contributed by atoms with E-state index < -0.39 is 18.5 Å². The molecule has 3 aromatic heterocycles. The van der Waals surface area contributed by atoms with E-state index >= 15 is 0 Å². The molecule has 264 valence electrons. The highest BCUT2D eigenvalue weighted by molar-refractivity contribution is 5.94. The molecule has 6 bridgehead atoms. The molecule has 4 amide bonds. The third-order valence-corrected chi connectivity index (χ3v) is 8.73. The maximum atomic E-state index is 14.0. The van der Waals surface area contributed by atoms with E-state index in [1.54, 1.807) is 35.8 Å². The Bertz CT molecular complexity index is 1880. The van der Waals surface area contributed by atoms with Gasteiger partial charge in [0.25, 0.3) is 5.91 Å². The number of carbonyl (C=O) groups is 4. The van der Waals surface area contributed by atoms with Crippen molar-refractivity contribution < 1.29 is 37.2 Å². The number of aryl methyl sites for hydroxylation is 2. The second kappa shape index (κ2) is 14.9. The lowest BCUT2D eigenvalue weighted by atomic mass is 9.94. The summed E-state index contributed by atoms with van der Waals surface area (Å²) in [6.45, 7) is 0.946. The summed E-state index contributed by atoms with van der Waals surface area (Å²) in [5, 5.41) is 9.44. The standard InChI is InChI=1S/C34H38F2N8O6/c1-21-15-25(50-40-21)17-30(47)41-13-11-38-29(46)19-42-20-39-31-26(42)9-12-43(33(48)27-8-7-22(2)44(27)34(35)36)32(31)23-5-3-6-24(16-23)49-14-4-10-37-28(45)18-41/h3,5-8,15-16,20,32,34H,4,9-14,17-19H2,1-2H3,(H,37,45)(H,38,46). The van der Waals surface area contributed by atoms with Crippen molar-refractivity contribution in [2.45, 2.75) is 52.2 Å². The average molecular weight is 693 g/mol. The van der Waals surface area contributed by atoms with Crippen LogP contribution in [0.2, 0.25) is 0 Å². The first-order valence-corrected chi connectivity index (χ1v) is 16.4. The zero-order valence-electron chi connectivity index (χ0n) is 27.7. The van der Waals surface area contributed by atoms with Gasteiger partial charge in [0.1, 0.15) is 29.8 Å². The van der Waals surface area contributed by atoms with Crippen LogP contribution in [-0.2, 0) is 33.8 Å². The Labute approximate surface area is 286 Å². The number of amides is 4. The monoisotopic (exact) mass is 692 g/mol. The zero-order chi connectivity index (χ0) is 35.4. The molecule has 1 unspecified atom stereocenters. The number of halogens is 2. The van der Waals surface area contributed by atoms with E-state index in [1.807, 2.05) is 6.07 Å². The third-order valence-electron chi connectivity index (χ3n) is 8.73. The highest BCUT2D eigenvalue weighted by Crippen LogP contribution is 2.37. The van der Waals surface area contributed by atoms with E-state index in [1.165, 1.54) is 35.2 Å². The predicted molar refractivity (Wildman–Crippen MR) is 173 cm³/mol. The van der Waals surface area contributed by atoms with E-state index in [0.717, 1.165) is 10.3 Å². The van der Waals surface area contributed by atoms with Gasteiger partial charge in [0.2, 0.25) is 17.7 Å². The summed E-state index contributed by atoms with van der Waals surface area (Å²) in [5.74, 6) is -0.776. The molecule has 6 rings (SSSR count). The van der Waals surface area contributed by atoms with Gasteiger partial charge in [-0.1, -0.05) is 17.3 Å². The fourth-order valence-electron chi connectivity index (χ4n) is 6.34. The average Bonchev–Trinajstić information content (AvgIpc) is 3.81. The van der Waals surface area contributed by atoms with Crippen LogP contribution in [0.15, 0.2) is 53.3 Å². The number of hydrogen-bond donors (Lipinski definition) is 2. The van der Waals surface area contributed by atoms with Crippen molar-refractivity contribution >= 4 is 23.6 Å². The van der Waals surface area contributed by atoms with Crippen LogP contribution in [-0.4, -0.2) is 92.0 Å². The molecule has 2 aliphatic heterocycles. The lowest BCUT2D eigenvalue weighted by Gasteiger charge is -2.36. The number of aromatic nitrogens is 4. The molecule has 0 saturated heterocycles. The Hall–Kier alpha value is -5.54. The number of nitrogens with zero attached hydrogens (tertiary/aromatic N) is 6. The van der Waals surface area contributed by atoms with Gasteiger partial charge in [-0.25, -0.2) is 4.98 Å². The molecule has 16 heteroatoms. The van der Waals surface area contributed by atoms with Gasteiger partial charge in [0.15, 0.2) is 0 Å². The quantitative estimate of drug-likeness (QED) is 0.331. The van der Waals surface area contributed by atoms with E-state index in [-0.39, 0.29) is 81.4 Å². The van der Waals surface area contributed by atoms with Crippen LogP contribution in [0.25, 0.3) is 0 Å². The van der Waals surface area contributed by atoms with Gasteiger partial charge in [0.05, 0.1) is 37.3 Å². The molecule has 5 heterocycles. The van der Waals surface area contributed by atoms with Crippen molar-refractivity contribution in [1.29, 1.82) is 0 Å². The largest absolute Gasteiger partial charge is 0.494 e. The van der Waals surface area contributed by atoms with Crippen LogP contribution in [0.3, 0.4) is 0 Å². The first-order chi connectivity index (χ1) is 24.1. The first-order valence-electron chi connectivity index (χ1n) is 16.4. The maximum Gasteiger partial charge on any atom is 0.319 e. The first kappa shape index (κ1) is 34.3. The molecule has 1 atom stereocenters. The molecule has 50 heavy (non-hydrogen) atoms. The van der Waals surface area contributed by atoms with E-state index in [2.05, 4.69) is 20.8 Å². The van der Waals surface area contributed by atoms with Crippen LogP contribution in [0.4, 0.5) is 8.78 Å². The molecule has 14 nitrogen and oxygen atoms in total. The molecule has 0 saturated carbocycles. The molecule has 0 aliphatic carbocycles. The van der Waals surface area contributed by atoms with Crippen LogP contribution in [0, 0.1) is 13.8 Å². The lowest BCUT2D eigenvalue weighted by Crippen LogP contribution is -2.45. The predicted octanol–water partition coefficient (Wildman–Crippen LogP) is 2.56. The number of carbonyl (C=O) groups excluding carboxylic acids is 4. The van der Waals surface area contributed by atoms with Crippen LogP contribution in [0.1, 0.15) is 63.6 Å². The summed E-state index contributed by atoms with van der Waals surface area (Å²) in [6.07, 6.45) is 2.22. The molecule has 2 N–H and O–H groups in total. The Morgan fingerprint density at radius 3 is 2.60 bits per heavy atom. The molecular formula is C34H38F2N8O6. The smallest absolute Gasteiger partial charge is 0.319 e. The van der Waals surface area contributed by atoms with Crippen molar-refractivity contribution in [2.24, 2.45) is 0 Å². The second-order valence-electron chi connectivity index (χ2n) is 12.3. The summed E-state index contributed by atoms with van der Waals surface area (Å²) in [6, 6.07) is 10.9. The number of nitrogens with one attached hydrogen (secondary N) is 2. The minimum atomic E-state index is -2.90. The molecule has 1 aromatic carbocycles. The Morgan fingerprint density at radius 2 is 1.82 bits per heavy atom. The second-order valence-corrected chi connectivity index (χ2v) is 12.3. The number of benzene rings is 1. The molecule has 4 aromatic rings. The Kier molecular flexibility index (Phi) is 10.2. The zero-order valence-corrected chi connectivity index (χ0v) is 27.7. The number of fused-ring (bicyclic) bond motifs is 3. The van der Waals surface area contributed by atoms with Gasteiger partial charge in [-0.3, -0.25) is 23.7 Å². The van der Waals surface area contributed by atoms with Gasteiger partial charge in [-0.05, 0) is 50.1 Å². The van der Waals surface area contributed by atoms with Crippen LogP contribution in [0.5, 0.6) is 5.75 Å². The number of alkyl halides is 2. The summed E-state index contributed by atoms with van der Waals surface area (Å²) in [5.41, 5.74) is 2.67. The fourth-order valence-corrected chi connectivity index (χ4v) is 6.34. The number of rotatable bonds is 4. The van der Waals surface area contributed by atoms with Crippen molar-refractivity contribution in [3.63, 3.8) is 0 Å². The van der Waals surface area contributed by atoms with Gasteiger partial charge >= 0.3 is 6.55 Å². The summed E-state index contributed by atoms with van der Waals surface area (Å²) >= 11 is 0. The normalized spacial score (nSPS) is 17.6. The molecule has 0 spiro atoms. The fraction of sp³-hybridized carbons (Fsp3) is 0.412.